The zero-order valence-corrected chi connectivity index (χ0v) is 10.9. The van der Waals surface area contributed by atoms with Crippen LogP contribution in [0.5, 0.6) is 0 Å². The number of aliphatic hydroxyl groups is 1. The fourth-order valence-corrected chi connectivity index (χ4v) is 2.65. The number of hydrogen-bond donors (Lipinski definition) is 3. The number of nitrogens with one attached hydrogen (secondary N) is 1. The van der Waals surface area contributed by atoms with Gasteiger partial charge in [0.15, 0.2) is 0 Å². The van der Waals surface area contributed by atoms with Crippen LogP contribution in [0.25, 0.3) is 0 Å². The van der Waals surface area contributed by atoms with Crippen molar-refractivity contribution in [2.45, 2.75) is 25.3 Å². The SMILES string of the molecule is NCC(NCCCCCO)c1ccc(Cl)s1. The molecule has 3 nitrogen and oxygen atoms in total. The number of halogens is 1. The van der Waals surface area contributed by atoms with Crippen molar-refractivity contribution in [1.82, 2.24) is 5.32 Å². The maximum Gasteiger partial charge on any atom is 0.0931 e. The summed E-state index contributed by atoms with van der Waals surface area (Å²) in [7, 11) is 0. The second kappa shape index (κ2) is 8.03. The lowest BCUT2D eigenvalue weighted by Gasteiger charge is -2.14. The van der Waals surface area contributed by atoms with Crippen LogP contribution >= 0.6 is 22.9 Å². The minimum absolute atomic E-state index is 0.201. The summed E-state index contributed by atoms with van der Waals surface area (Å²) in [6, 6.07) is 4.12. The average molecular weight is 263 g/mol. The van der Waals surface area contributed by atoms with E-state index in [-0.39, 0.29) is 12.6 Å². The predicted molar refractivity (Wildman–Crippen MR) is 70.1 cm³/mol. The van der Waals surface area contributed by atoms with Gasteiger partial charge in [-0.25, -0.2) is 0 Å². The molecule has 1 heterocycles. The number of hydrogen-bond acceptors (Lipinski definition) is 4. The fourth-order valence-electron chi connectivity index (χ4n) is 1.51. The molecule has 0 aromatic carbocycles. The van der Waals surface area contributed by atoms with Crippen molar-refractivity contribution in [3.63, 3.8) is 0 Å². The molecule has 0 saturated carbocycles. The molecule has 0 spiro atoms. The standard InChI is InChI=1S/C11H19ClN2OS/c12-11-5-4-10(16-11)9(8-13)14-6-2-1-3-7-15/h4-5,9,14-15H,1-3,6-8,13H2. The van der Waals surface area contributed by atoms with Crippen LogP contribution in [0.15, 0.2) is 12.1 Å². The molecule has 0 bridgehead atoms. The Morgan fingerprint density at radius 1 is 1.38 bits per heavy atom. The molecular weight excluding hydrogens is 244 g/mol. The van der Waals surface area contributed by atoms with Gasteiger partial charge < -0.3 is 16.2 Å². The van der Waals surface area contributed by atoms with Crippen LogP contribution in [-0.2, 0) is 0 Å². The van der Waals surface area contributed by atoms with E-state index in [4.69, 9.17) is 22.4 Å². The van der Waals surface area contributed by atoms with Crippen LogP contribution in [0.4, 0.5) is 0 Å². The van der Waals surface area contributed by atoms with Crippen molar-refractivity contribution in [1.29, 1.82) is 0 Å². The van der Waals surface area contributed by atoms with Gasteiger partial charge in [0.25, 0.3) is 0 Å². The van der Waals surface area contributed by atoms with Crippen LogP contribution in [0.2, 0.25) is 4.34 Å². The highest BCUT2D eigenvalue weighted by Crippen LogP contribution is 2.26. The van der Waals surface area contributed by atoms with E-state index < -0.39 is 0 Å². The summed E-state index contributed by atoms with van der Waals surface area (Å²) in [6.45, 7) is 1.79. The minimum Gasteiger partial charge on any atom is -0.396 e. The van der Waals surface area contributed by atoms with Gasteiger partial charge in [-0.3, -0.25) is 0 Å². The molecule has 0 aliphatic carbocycles. The molecule has 1 aromatic rings. The molecule has 0 fully saturated rings. The Morgan fingerprint density at radius 3 is 2.75 bits per heavy atom. The van der Waals surface area contributed by atoms with Crippen molar-refractivity contribution >= 4 is 22.9 Å². The van der Waals surface area contributed by atoms with Crippen LogP contribution in [0.1, 0.15) is 30.2 Å². The van der Waals surface area contributed by atoms with E-state index in [1.165, 1.54) is 4.88 Å². The number of nitrogens with two attached hydrogens (primary N) is 1. The number of thiophene rings is 1. The van der Waals surface area contributed by atoms with Gasteiger partial charge in [0, 0.05) is 18.0 Å². The van der Waals surface area contributed by atoms with Gasteiger partial charge in [-0.05, 0) is 37.9 Å². The Kier molecular flexibility index (Phi) is 7.00. The first kappa shape index (κ1) is 13.9. The summed E-state index contributed by atoms with van der Waals surface area (Å²) < 4.78 is 0.801. The van der Waals surface area contributed by atoms with Crippen molar-refractivity contribution in [3.05, 3.63) is 21.3 Å². The number of aliphatic hydroxyl groups excluding tert-OH is 1. The second-order valence-electron chi connectivity index (χ2n) is 3.67. The van der Waals surface area contributed by atoms with E-state index in [9.17, 15) is 0 Å². The normalized spacial score (nSPS) is 12.9. The Hall–Kier alpha value is -0.130. The van der Waals surface area contributed by atoms with Crippen LogP contribution < -0.4 is 11.1 Å². The Bertz CT molecular complexity index is 293. The third kappa shape index (κ3) is 4.80. The molecule has 5 heteroatoms. The second-order valence-corrected chi connectivity index (χ2v) is 5.42. The molecule has 0 radical (unpaired) electrons. The van der Waals surface area contributed by atoms with Gasteiger partial charge in [-0.2, -0.15) is 0 Å². The first-order valence-electron chi connectivity index (χ1n) is 5.57. The molecule has 92 valence electrons. The highest BCUT2D eigenvalue weighted by Gasteiger charge is 2.10. The Labute approximate surface area is 106 Å². The molecule has 4 N–H and O–H groups in total. The van der Waals surface area contributed by atoms with Crippen LogP contribution in [0.3, 0.4) is 0 Å². The summed E-state index contributed by atoms with van der Waals surface area (Å²) in [5, 5.41) is 12.1. The Balaban J connectivity index is 2.27. The summed E-state index contributed by atoms with van der Waals surface area (Å²) >= 11 is 7.46. The average Bonchev–Trinajstić information content (AvgIpc) is 2.70. The van der Waals surface area contributed by atoms with E-state index in [0.717, 1.165) is 30.1 Å². The largest absolute Gasteiger partial charge is 0.396 e. The van der Waals surface area contributed by atoms with Crippen LogP contribution in [0, 0.1) is 0 Å². The monoisotopic (exact) mass is 262 g/mol. The minimum atomic E-state index is 0.201. The van der Waals surface area contributed by atoms with Gasteiger partial charge in [0.2, 0.25) is 0 Å². The topological polar surface area (TPSA) is 58.3 Å². The van der Waals surface area contributed by atoms with Gasteiger partial charge in [-0.15, -0.1) is 11.3 Å². The highest BCUT2D eigenvalue weighted by molar-refractivity contribution is 7.16. The molecule has 16 heavy (non-hydrogen) atoms. The first-order valence-corrected chi connectivity index (χ1v) is 6.77. The quantitative estimate of drug-likeness (QED) is 0.629. The lowest BCUT2D eigenvalue weighted by molar-refractivity contribution is 0.282. The Morgan fingerprint density at radius 2 is 2.19 bits per heavy atom. The van der Waals surface area contributed by atoms with Gasteiger partial charge in [-0.1, -0.05) is 11.6 Å². The molecular formula is C11H19ClN2OS. The van der Waals surface area contributed by atoms with Crippen molar-refractivity contribution in [3.8, 4) is 0 Å². The number of rotatable bonds is 8. The van der Waals surface area contributed by atoms with Crippen molar-refractivity contribution in [2.24, 2.45) is 5.73 Å². The van der Waals surface area contributed by atoms with Gasteiger partial charge in [0.1, 0.15) is 0 Å². The fraction of sp³-hybridized carbons (Fsp3) is 0.636. The summed E-state index contributed by atoms with van der Waals surface area (Å²) in [6.07, 6.45) is 2.99. The molecule has 1 atom stereocenters. The molecule has 0 saturated heterocycles. The molecule has 0 aliphatic heterocycles. The number of unbranched alkanes of at least 4 members (excludes halogenated alkanes) is 2. The third-order valence-electron chi connectivity index (χ3n) is 2.40. The third-order valence-corrected chi connectivity index (χ3v) is 3.74. The molecule has 1 unspecified atom stereocenters. The molecule has 0 amide bonds. The van der Waals surface area contributed by atoms with Gasteiger partial charge in [0.05, 0.1) is 10.4 Å². The smallest absolute Gasteiger partial charge is 0.0931 e. The zero-order chi connectivity index (χ0) is 11.8. The maximum atomic E-state index is 8.65. The van der Waals surface area contributed by atoms with E-state index >= 15 is 0 Å². The first-order chi connectivity index (χ1) is 7.77. The predicted octanol–water partition coefficient (Wildman–Crippen LogP) is 2.15. The lowest BCUT2D eigenvalue weighted by Crippen LogP contribution is -2.28. The molecule has 1 aromatic heterocycles. The lowest BCUT2D eigenvalue weighted by atomic mass is 10.2. The zero-order valence-electron chi connectivity index (χ0n) is 9.29. The van der Waals surface area contributed by atoms with Crippen molar-refractivity contribution in [2.75, 3.05) is 19.7 Å². The van der Waals surface area contributed by atoms with E-state index in [2.05, 4.69) is 5.32 Å². The van der Waals surface area contributed by atoms with E-state index in [0.29, 0.717) is 6.54 Å². The molecule has 0 aliphatic rings. The summed E-state index contributed by atoms with van der Waals surface area (Å²) in [5.74, 6) is 0. The van der Waals surface area contributed by atoms with Crippen LogP contribution in [-0.4, -0.2) is 24.8 Å². The van der Waals surface area contributed by atoms with Crippen molar-refractivity contribution < 1.29 is 5.11 Å². The maximum absolute atomic E-state index is 8.65. The summed E-state index contributed by atoms with van der Waals surface area (Å²) in [4.78, 5) is 1.19. The highest BCUT2D eigenvalue weighted by atomic mass is 35.5. The van der Waals surface area contributed by atoms with E-state index in [1.807, 2.05) is 12.1 Å². The molecule has 1 rings (SSSR count). The van der Waals surface area contributed by atoms with Gasteiger partial charge >= 0.3 is 0 Å². The van der Waals surface area contributed by atoms with E-state index in [1.54, 1.807) is 11.3 Å². The summed E-state index contributed by atoms with van der Waals surface area (Å²) in [5.41, 5.74) is 5.72.